The normalized spacial score (nSPS) is 14.1. The van der Waals surface area contributed by atoms with Crippen LogP contribution < -0.4 is 5.32 Å². The van der Waals surface area contributed by atoms with Gasteiger partial charge in [-0.1, -0.05) is 53.2 Å². The van der Waals surface area contributed by atoms with E-state index in [1.54, 1.807) is 0 Å². The fourth-order valence-electron chi connectivity index (χ4n) is 1.54. The second kappa shape index (κ2) is 7.45. The third kappa shape index (κ3) is 4.88. The lowest BCUT2D eigenvalue weighted by atomic mass is 10.0. The molecule has 1 N–H and O–H groups in total. The zero-order chi connectivity index (χ0) is 12.7. The molecule has 0 heterocycles. The largest absolute Gasteiger partial charge is 0.468 e. The number of carbonyl (C=O) groups excluding carboxylic acids is 1. The fourth-order valence-corrected chi connectivity index (χ4v) is 1.95. The first-order valence-corrected chi connectivity index (χ1v) is 6.54. The molecule has 0 saturated heterocycles. The van der Waals surface area contributed by atoms with Crippen molar-refractivity contribution in [1.29, 1.82) is 0 Å². The van der Waals surface area contributed by atoms with Gasteiger partial charge in [-0.05, 0) is 11.5 Å². The smallest absolute Gasteiger partial charge is 0.320 e. The molecule has 4 heteroatoms. The topological polar surface area (TPSA) is 38.3 Å². The Hall–Kier alpha value is -0.870. The van der Waals surface area contributed by atoms with Crippen LogP contribution in [-0.2, 0) is 9.53 Å². The Morgan fingerprint density at radius 1 is 1.35 bits per heavy atom. The third-order valence-corrected chi connectivity index (χ3v) is 3.30. The number of esters is 1. The highest BCUT2D eigenvalue weighted by atomic mass is 79.9. The molecule has 0 saturated carbocycles. The number of hydrogen-bond acceptors (Lipinski definition) is 3. The van der Waals surface area contributed by atoms with E-state index in [0.29, 0.717) is 12.5 Å². The van der Waals surface area contributed by atoms with Crippen LogP contribution >= 0.6 is 15.9 Å². The number of ether oxygens (including phenoxy) is 1. The first kappa shape index (κ1) is 14.2. The van der Waals surface area contributed by atoms with Crippen LogP contribution in [0.25, 0.3) is 0 Å². The number of nitrogens with one attached hydrogen (secondary N) is 1. The Bertz CT molecular complexity index is 343. The average molecular weight is 300 g/mol. The van der Waals surface area contributed by atoms with Gasteiger partial charge in [0.15, 0.2) is 0 Å². The molecule has 1 aromatic rings. The van der Waals surface area contributed by atoms with Gasteiger partial charge < -0.3 is 10.1 Å². The van der Waals surface area contributed by atoms with Gasteiger partial charge in [-0.15, -0.1) is 0 Å². The molecule has 0 amide bonds. The number of rotatable bonds is 6. The molecule has 2 atom stereocenters. The summed E-state index contributed by atoms with van der Waals surface area (Å²) in [6.07, 6.45) is 0. The monoisotopic (exact) mass is 299 g/mol. The third-order valence-electron chi connectivity index (χ3n) is 2.60. The highest BCUT2D eigenvalue weighted by molar-refractivity contribution is 9.10. The molecule has 0 aromatic heterocycles. The lowest BCUT2D eigenvalue weighted by Crippen LogP contribution is -2.31. The molecule has 0 radical (unpaired) electrons. The van der Waals surface area contributed by atoms with Crippen LogP contribution in [0.2, 0.25) is 0 Å². The minimum Gasteiger partial charge on any atom is -0.468 e. The van der Waals surface area contributed by atoms with Gasteiger partial charge in [0, 0.05) is 13.1 Å². The number of hydrogen-bond donors (Lipinski definition) is 1. The van der Waals surface area contributed by atoms with Crippen molar-refractivity contribution in [3.8, 4) is 0 Å². The fraction of sp³-hybridized carbons (Fsp3) is 0.462. The Morgan fingerprint density at radius 3 is 2.59 bits per heavy atom. The number of alkyl halides is 1. The van der Waals surface area contributed by atoms with Crippen molar-refractivity contribution in [3.05, 3.63) is 35.9 Å². The maximum absolute atomic E-state index is 11.1. The first-order valence-electron chi connectivity index (χ1n) is 5.62. The molecule has 1 aromatic carbocycles. The van der Waals surface area contributed by atoms with Gasteiger partial charge in [0.25, 0.3) is 0 Å². The highest BCUT2D eigenvalue weighted by Crippen LogP contribution is 2.13. The molecule has 0 aliphatic carbocycles. The van der Waals surface area contributed by atoms with E-state index in [1.165, 1.54) is 12.7 Å². The lowest BCUT2D eigenvalue weighted by Gasteiger charge is -2.14. The minimum absolute atomic E-state index is 0.245. The quantitative estimate of drug-likeness (QED) is 0.647. The average Bonchev–Trinajstić information content (AvgIpc) is 2.38. The molecule has 0 aliphatic heterocycles. The minimum atomic E-state index is -0.282. The standard InChI is InChI=1S/C13H18BrNO2/c1-10(11-6-4-3-5-7-11)8-15-9-12(14)13(16)17-2/h3-7,10,12,15H,8-9H2,1-2H3. The summed E-state index contributed by atoms with van der Waals surface area (Å²) in [5.41, 5.74) is 1.30. The molecule has 0 bridgehead atoms. The van der Waals surface area contributed by atoms with Crippen molar-refractivity contribution in [2.24, 2.45) is 0 Å². The van der Waals surface area contributed by atoms with Gasteiger partial charge >= 0.3 is 5.97 Å². The predicted molar refractivity (Wildman–Crippen MR) is 72.5 cm³/mol. The van der Waals surface area contributed by atoms with E-state index in [9.17, 15) is 4.79 Å². The Balaban J connectivity index is 2.30. The molecular weight excluding hydrogens is 282 g/mol. The zero-order valence-corrected chi connectivity index (χ0v) is 11.7. The van der Waals surface area contributed by atoms with Crippen molar-refractivity contribution in [2.75, 3.05) is 20.2 Å². The Kier molecular flexibility index (Phi) is 6.22. The van der Waals surface area contributed by atoms with E-state index in [0.717, 1.165) is 6.54 Å². The Labute approximate surface area is 111 Å². The summed E-state index contributed by atoms with van der Waals surface area (Å²) in [6, 6.07) is 10.3. The van der Waals surface area contributed by atoms with Crippen LogP contribution in [0.4, 0.5) is 0 Å². The lowest BCUT2D eigenvalue weighted by molar-refractivity contribution is -0.139. The molecule has 17 heavy (non-hydrogen) atoms. The van der Waals surface area contributed by atoms with E-state index in [2.05, 4.69) is 45.0 Å². The first-order chi connectivity index (χ1) is 8.15. The number of benzene rings is 1. The molecule has 0 aliphatic rings. The highest BCUT2D eigenvalue weighted by Gasteiger charge is 2.14. The maximum atomic E-state index is 11.1. The van der Waals surface area contributed by atoms with E-state index in [-0.39, 0.29) is 10.8 Å². The molecule has 2 unspecified atom stereocenters. The SMILES string of the molecule is COC(=O)C(Br)CNCC(C)c1ccccc1. The molecule has 1 rings (SSSR count). The molecule has 3 nitrogen and oxygen atoms in total. The second-order valence-electron chi connectivity index (χ2n) is 3.96. The molecular formula is C13H18BrNO2. The van der Waals surface area contributed by atoms with Crippen LogP contribution in [0, 0.1) is 0 Å². The van der Waals surface area contributed by atoms with Crippen LogP contribution in [0.3, 0.4) is 0 Å². The molecule has 0 fully saturated rings. The van der Waals surface area contributed by atoms with Crippen molar-refractivity contribution in [2.45, 2.75) is 17.7 Å². The van der Waals surface area contributed by atoms with Crippen molar-refractivity contribution in [3.63, 3.8) is 0 Å². The van der Waals surface area contributed by atoms with Crippen molar-refractivity contribution in [1.82, 2.24) is 5.32 Å². The van der Waals surface area contributed by atoms with Crippen molar-refractivity contribution < 1.29 is 9.53 Å². The number of methoxy groups -OCH3 is 1. The van der Waals surface area contributed by atoms with Crippen molar-refractivity contribution >= 4 is 21.9 Å². The number of halogens is 1. The summed E-state index contributed by atoms with van der Waals surface area (Å²) in [6.45, 7) is 3.57. The van der Waals surface area contributed by atoms with Gasteiger partial charge in [0.2, 0.25) is 0 Å². The summed E-state index contributed by atoms with van der Waals surface area (Å²) < 4.78 is 4.63. The van der Waals surface area contributed by atoms with E-state index < -0.39 is 0 Å². The van der Waals surface area contributed by atoms with E-state index >= 15 is 0 Å². The summed E-state index contributed by atoms with van der Waals surface area (Å²) in [7, 11) is 1.39. The maximum Gasteiger partial charge on any atom is 0.320 e. The van der Waals surface area contributed by atoms with Gasteiger partial charge in [-0.3, -0.25) is 4.79 Å². The van der Waals surface area contributed by atoms with Gasteiger partial charge in [0.05, 0.1) is 7.11 Å². The van der Waals surface area contributed by atoms with Gasteiger partial charge in [-0.2, -0.15) is 0 Å². The summed E-state index contributed by atoms with van der Waals surface area (Å²) in [4.78, 5) is 10.9. The molecule has 94 valence electrons. The Morgan fingerprint density at radius 2 is 2.00 bits per heavy atom. The van der Waals surface area contributed by atoms with Crippen LogP contribution in [0.5, 0.6) is 0 Å². The van der Waals surface area contributed by atoms with E-state index in [1.807, 2.05) is 18.2 Å². The molecule has 0 spiro atoms. The van der Waals surface area contributed by atoms with Crippen LogP contribution in [0.15, 0.2) is 30.3 Å². The van der Waals surface area contributed by atoms with Crippen LogP contribution in [-0.4, -0.2) is 31.0 Å². The van der Waals surface area contributed by atoms with E-state index in [4.69, 9.17) is 0 Å². The summed E-state index contributed by atoms with van der Waals surface area (Å²) in [5.74, 6) is 0.179. The summed E-state index contributed by atoms with van der Waals surface area (Å²) >= 11 is 3.27. The second-order valence-corrected chi connectivity index (χ2v) is 5.07. The number of carbonyl (C=O) groups is 1. The zero-order valence-electron chi connectivity index (χ0n) is 10.2. The van der Waals surface area contributed by atoms with Gasteiger partial charge in [0.1, 0.15) is 4.83 Å². The predicted octanol–water partition coefficient (Wildman–Crippen LogP) is 2.32. The summed E-state index contributed by atoms with van der Waals surface area (Å²) in [5, 5.41) is 3.25. The van der Waals surface area contributed by atoms with Gasteiger partial charge in [-0.25, -0.2) is 0 Å². The van der Waals surface area contributed by atoms with Crippen LogP contribution in [0.1, 0.15) is 18.4 Å².